The lowest BCUT2D eigenvalue weighted by Gasteiger charge is -2.38. The zero-order chi connectivity index (χ0) is 18.9. The monoisotopic (exact) mass is 374 g/mol. The minimum atomic E-state index is -0.0399. The number of nitrogens with zero attached hydrogens (tertiary/aromatic N) is 3. The summed E-state index contributed by atoms with van der Waals surface area (Å²) in [5.41, 5.74) is 1.58. The van der Waals surface area contributed by atoms with Crippen LogP contribution in [0.4, 0.5) is 10.5 Å². The number of anilines is 1. The molecule has 2 saturated heterocycles. The van der Waals surface area contributed by atoms with Crippen molar-refractivity contribution < 1.29 is 9.53 Å². The second kappa shape index (κ2) is 7.11. The van der Waals surface area contributed by atoms with E-state index in [1.54, 1.807) is 12.4 Å². The summed E-state index contributed by atoms with van der Waals surface area (Å²) < 4.78 is 6.06. The highest BCUT2D eigenvalue weighted by atomic mass is 16.5. The molecule has 0 spiro atoms. The number of piperidine rings is 1. The van der Waals surface area contributed by atoms with E-state index in [1.165, 1.54) is 0 Å². The quantitative estimate of drug-likeness (QED) is 0.745. The molecule has 0 aliphatic carbocycles. The van der Waals surface area contributed by atoms with E-state index in [2.05, 4.69) is 15.3 Å². The number of hydrogen-bond acceptors (Lipinski definition) is 4. The molecule has 6 heteroatoms. The van der Waals surface area contributed by atoms with Crippen molar-refractivity contribution in [2.75, 3.05) is 5.32 Å². The van der Waals surface area contributed by atoms with E-state index in [9.17, 15) is 4.79 Å². The van der Waals surface area contributed by atoms with Crippen molar-refractivity contribution in [1.29, 1.82) is 0 Å². The summed E-state index contributed by atoms with van der Waals surface area (Å²) >= 11 is 0. The Morgan fingerprint density at radius 2 is 1.75 bits per heavy atom. The minimum absolute atomic E-state index is 0.0399. The molecular formula is C22H22N4O2. The normalized spacial score (nSPS) is 23.6. The highest BCUT2D eigenvalue weighted by molar-refractivity contribution is 5.99. The van der Waals surface area contributed by atoms with E-state index in [0.717, 1.165) is 42.3 Å². The maximum Gasteiger partial charge on any atom is 0.322 e. The molecule has 28 heavy (non-hydrogen) atoms. The number of benzene rings is 1. The molecule has 2 amide bonds. The van der Waals surface area contributed by atoms with Crippen molar-refractivity contribution in [3.63, 3.8) is 0 Å². The first-order valence-corrected chi connectivity index (χ1v) is 9.79. The first-order valence-electron chi connectivity index (χ1n) is 9.79. The van der Waals surface area contributed by atoms with E-state index in [-0.39, 0.29) is 24.2 Å². The zero-order valence-electron chi connectivity index (χ0n) is 15.5. The fraction of sp³-hybridized carbons (Fsp3) is 0.318. The Morgan fingerprint density at radius 3 is 2.54 bits per heavy atom. The number of urea groups is 1. The largest absolute Gasteiger partial charge is 0.474 e. The third-order valence-electron chi connectivity index (χ3n) is 5.72. The van der Waals surface area contributed by atoms with Gasteiger partial charge in [0, 0.05) is 48.8 Å². The van der Waals surface area contributed by atoms with E-state index >= 15 is 0 Å². The molecule has 0 saturated carbocycles. The molecule has 2 aliphatic rings. The summed E-state index contributed by atoms with van der Waals surface area (Å²) in [7, 11) is 0. The number of para-hydroxylation sites is 1. The van der Waals surface area contributed by atoms with Gasteiger partial charge in [0.05, 0.1) is 11.2 Å². The van der Waals surface area contributed by atoms with Crippen LogP contribution in [-0.4, -0.2) is 39.1 Å². The molecule has 1 aromatic carbocycles. The molecule has 142 valence electrons. The van der Waals surface area contributed by atoms with Gasteiger partial charge >= 0.3 is 6.03 Å². The second-order valence-electron chi connectivity index (χ2n) is 7.48. The van der Waals surface area contributed by atoms with E-state index in [1.807, 2.05) is 53.4 Å². The number of carbonyl (C=O) groups excluding carboxylic acids is 1. The first-order chi connectivity index (χ1) is 13.8. The standard InChI is InChI=1S/C22H22N4O2/c27-22(25-19-7-3-5-15-6-4-12-24-21(15)19)26-16-9-10-17(26)14-18(13-16)28-20-8-1-2-11-23-20/h1-8,11-12,16-18H,9-10,13-14H2,(H,25,27). The van der Waals surface area contributed by atoms with E-state index < -0.39 is 0 Å². The fourth-order valence-electron chi connectivity index (χ4n) is 4.53. The summed E-state index contributed by atoms with van der Waals surface area (Å²) in [6, 6.07) is 15.8. The highest BCUT2D eigenvalue weighted by Crippen LogP contribution is 2.37. The molecule has 2 aromatic heterocycles. The van der Waals surface area contributed by atoms with Crippen molar-refractivity contribution in [2.45, 2.75) is 43.9 Å². The van der Waals surface area contributed by atoms with Crippen LogP contribution in [0.2, 0.25) is 0 Å². The lowest BCUT2D eigenvalue weighted by Crippen LogP contribution is -2.50. The molecule has 0 radical (unpaired) electrons. The second-order valence-corrected chi connectivity index (χ2v) is 7.48. The predicted molar refractivity (Wildman–Crippen MR) is 107 cm³/mol. The van der Waals surface area contributed by atoms with Crippen LogP contribution in [0.3, 0.4) is 0 Å². The van der Waals surface area contributed by atoms with Gasteiger partial charge in [-0.05, 0) is 31.0 Å². The van der Waals surface area contributed by atoms with Crippen LogP contribution >= 0.6 is 0 Å². The van der Waals surface area contributed by atoms with Crippen LogP contribution in [-0.2, 0) is 0 Å². The maximum atomic E-state index is 13.1. The lowest BCUT2D eigenvalue weighted by atomic mass is 10.00. The Kier molecular flexibility index (Phi) is 4.31. The number of amides is 2. The Labute approximate surface area is 163 Å². The van der Waals surface area contributed by atoms with Gasteiger partial charge < -0.3 is 15.0 Å². The molecule has 2 fully saturated rings. The molecule has 5 rings (SSSR count). The first kappa shape index (κ1) is 17.0. The summed E-state index contributed by atoms with van der Waals surface area (Å²) in [5.74, 6) is 0.659. The number of ether oxygens (including phenoxy) is 1. The van der Waals surface area contributed by atoms with Gasteiger partial charge in [0.2, 0.25) is 5.88 Å². The van der Waals surface area contributed by atoms with E-state index in [4.69, 9.17) is 4.74 Å². The third kappa shape index (κ3) is 3.15. The van der Waals surface area contributed by atoms with Gasteiger partial charge in [-0.25, -0.2) is 9.78 Å². The SMILES string of the molecule is O=C(Nc1cccc2cccnc12)N1C2CCC1CC(Oc1ccccn1)C2. The Bertz CT molecular complexity index is 975. The Balaban J connectivity index is 1.30. The zero-order valence-corrected chi connectivity index (χ0v) is 15.5. The number of hydrogen-bond donors (Lipinski definition) is 1. The number of fused-ring (bicyclic) bond motifs is 3. The topological polar surface area (TPSA) is 67.4 Å². The molecule has 2 aliphatic heterocycles. The molecule has 1 N–H and O–H groups in total. The van der Waals surface area contributed by atoms with Crippen LogP contribution in [0, 0.1) is 0 Å². The molecule has 3 aromatic rings. The molecule has 6 nitrogen and oxygen atoms in total. The van der Waals surface area contributed by atoms with Gasteiger partial charge in [-0.1, -0.05) is 24.3 Å². The smallest absolute Gasteiger partial charge is 0.322 e. The Hall–Kier alpha value is -3.15. The number of nitrogens with one attached hydrogen (secondary N) is 1. The average Bonchev–Trinajstić information content (AvgIpc) is 3.00. The summed E-state index contributed by atoms with van der Waals surface area (Å²) in [6.45, 7) is 0. The number of carbonyl (C=O) groups is 1. The van der Waals surface area contributed by atoms with Crippen molar-refractivity contribution in [1.82, 2.24) is 14.9 Å². The van der Waals surface area contributed by atoms with Gasteiger partial charge in [-0.15, -0.1) is 0 Å². The van der Waals surface area contributed by atoms with Crippen LogP contribution < -0.4 is 10.1 Å². The fourth-order valence-corrected chi connectivity index (χ4v) is 4.53. The average molecular weight is 374 g/mol. The van der Waals surface area contributed by atoms with Gasteiger partial charge in [0.15, 0.2) is 0 Å². The van der Waals surface area contributed by atoms with Gasteiger partial charge in [0.1, 0.15) is 6.10 Å². The van der Waals surface area contributed by atoms with Crippen molar-refractivity contribution in [3.8, 4) is 5.88 Å². The van der Waals surface area contributed by atoms with Gasteiger partial charge in [-0.2, -0.15) is 0 Å². The number of aromatic nitrogens is 2. The molecule has 2 bridgehead atoms. The van der Waals surface area contributed by atoms with Crippen LogP contribution in [0.1, 0.15) is 25.7 Å². The van der Waals surface area contributed by atoms with Crippen LogP contribution in [0.15, 0.2) is 60.9 Å². The number of rotatable bonds is 3. The third-order valence-corrected chi connectivity index (χ3v) is 5.72. The highest BCUT2D eigenvalue weighted by Gasteiger charge is 2.44. The van der Waals surface area contributed by atoms with Crippen molar-refractivity contribution >= 4 is 22.6 Å². The number of pyridine rings is 2. The van der Waals surface area contributed by atoms with E-state index in [0.29, 0.717) is 5.88 Å². The van der Waals surface area contributed by atoms with Gasteiger partial charge in [-0.3, -0.25) is 4.98 Å². The van der Waals surface area contributed by atoms with Crippen molar-refractivity contribution in [3.05, 3.63) is 60.9 Å². The lowest BCUT2D eigenvalue weighted by molar-refractivity contribution is 0.0704. The maximum absolute atomic E-state index is 13.1. The molecule has 2 atom stereocenters. The van der Waals surface area contributed by atoms with Crippen LogP contribution in [0.25, 0.3) is 10.9 Å². The molecular weight excluding hydrogens is 352 g/mol. The molecule has 4 heterocycles. The molecule has 2 unspecified atom stereocenters. The van der Waals surface area contributed by atoms with Crippen molar-refractivity contribution in [2.24, 2.45) is 0 Å². The predicted octanol–water partition coefficient (Wildman–Crippen LogP) is 4.24. The van der Waals surface area contributed by atoms with Crippen LogP contribution in [0.5, 0.6) is 5.88 Å². The summed E-state index contributed by atoms with van der Waals surface area (Å²) in [4.78, 5) is 23.8. The van der Waals surface area contributed by atoms with Gasteiger partial charge in [0.25, 0.3) is 0 Å². The Morgan fingerprint density at radius 1 is 0.964 bits per heavy atom. The minimum Gasteiger partial charge on any atom is -0.474 e. The summed E-state index contributed by atoms with van der Waals surface area (Å²) in [5, 5.41) is 4.11. The summed E-state index contributed by atoms with van der Waals surface area (Å²) in [6.07, 6.45) is 7.33.